The third-order valence-corrected chi connectivity index (χ3v) is 7.05. The summed E-state index contributed by atoms with van der Waals surface area (Å²) >= 11 is 0. The molecule has 4 rings (SSSR count). The van der Waals surface area contributed by atoms with E-state index >= 15 is 0 Å². The van der Waals surface area contributed by atoms with Gasteiger partial charge in [0.15, 0.2) is 0 Å². The molecule has 2 heterocycles. The molecule has 1 amide bonds. The summed E-state index contributed by atoms with van der Waals surface area (Å²) in [6, 6.07) is 14.9. The quantitative estimate of drug-likeness (QED) is 0.702. The van der Waals surface area contributed by atoms with Gasteiger partial charge in [0, 0.05) is 49.7 Å². The molecule has 2 aliphatic rings. The topological polar surface area (TPSA) is 44.8 Å². The van der Waals surface area contributed by atoms with Crippen molar-refractivity contribution in [3.63, 3.8) is 0 Å². The zero-order valence-corrected chi connectivity index (χ0v) is 19.8. The second-order valence-corrected chi connectivity index (χ2v) is 9.50. The Kier molecular flexibility index (Phi) is 7.48. The van der Waals surface area contributed by atoms with Crippen molar-refractivity contribution < 1.29 is 9.53 Å². The zero-order valence-electron chi connectivity index (χ0n) is 19.8. The number of methoxy groups -OCH3 is 1. The molecule has 2 aromatic carbocycles. The van der Waals surface area contributed by atoms with E-state index in [2.05, 4.69) is 27.2 Å². The van der Waals surface area contributed by atoms with E-state index in [9.17, 15) is 4.79 Å². The van der Waals surface area contributed by atoms with Crippen LogP contribution in [0.1, 0.15) is 47.2 Å². The fourth-order valence-electron chi connectivity index (χ4n) is 5.31. The first-order chi connectivity index (χ1) is 15.5. The Morgan fingerprint density at radius 3 is 2.47 bits per heavy atom. The standard InChI is InChI=1S/C27H37N3O2/c1-20-6-11-26(21(2)17-20)27(31)28-23-7-9-24(10-8-23)29-15-12-25(13-16-29)30-14-4-5-22(18-30)19-32-3/h6-11,17,22,25H,4-5,12-16,18-19H2,1-3H3,(H,28,31). The Hall–Kier alpha value is -2.37. The van der Waals surface area contributed by atoms with Crippen LogP contribution in [0, 0.1) is 19.8 Å². The number of carbonyl (C=O) groups is 1. The van der Waals surface area contributed by atoms with Crippen molar-refractivity contribution in [2.24, 2.45) is 5.92 Å². The molecule has 5 heteroatoms. The van der Waals surface area contributed by atoms with Gasteiger partial charge >= 0.3 is 0 Å². The first-order valence-electron chi connectivity index (χ1n) is 12.0. The summed E-state index contributed by atoms with van der Waals surface area (Å²) in [4.78, 5) is 17.8. The van der Waals surface area contributed by atoms with Gasteiger partial charge in [-0.3, -0.25) is 9.69 Å². The molecule has 0 bridgehead atoms. The first-order valence-corrected chi connectivity index (χ1v) is 12.0. The van der Waals surface area contributed by atoms with Crippen molar-refractivity contribution in [1.82, 2.24) is 4.90 Å². The molecule has 5 nitrogen and oxygen atoms in total. The monoisotopic (exact) mass is 435 g/mol. The molecule has 0 saturated carbocycles. The fourth-order valence-corrected chi connectivity index (χ4v) is 5.31. The van der Waals surface area contributed by atoms with Gasteiger partial charge in [0.25, 0.3) is 5.91 Å². The highest BCUT2D eigenvalue weighted by Crippen LogP contribution is 2.27. The van der Waals surface area contributed by atoms with Crippen LogP contribution >= 0.6 is 0 Å². The van der Waals surface area contributed by atoms with Crippen molar-refractivity contribution in [1.29, 1.82) is 0 Å². The molecule has 32 heavy (non-hydrogen) atoms. The molecule has 0 aliphatic carbocycles. The Labute approximate surface area is 192 Å². The van der Waals surface area contributed by atoms with Crippen molar-refractivity contribution in [3.8, 4) is 0 Å². The molecular weight excluding hydrogens is 398 g/mol. The van der Waals surface area contributed by atoms with Crippen LogP contribution in [0.3, 0.4) is 0 Å². The molecule has 2 saturated heterocycles. The minimum atomic E-state index is -0.0515. The van der Waals surface area contributed by atoms with E-state index in [-0.39, 0.29) is 5.91 Å². The summed E-state index contributed by atoms with van der Waals surface area (Å²) in [6.07, 6.45) is 5.02. The van der Waals surface area contributed by atoms with Crippen LogP contribution in [-0.2, 0) is 4.74 Å². The number of ether oxygens (including phenoxy) is 1. The molecule has 2 aromatic rings. The van der Waals surface area contributed by atoms with Crippen molar-refractivity contribution in [2.75, 3.05) is 50.1 Å². The molecule has 0 radical (unpaired) electrons. The third kappa shape index (κ3) is 5.51. The minimum Gasteiger partial charge on any atom is -0.384 e. The SMILES string of the molecule is COCC1CCCN(C2CCN(c3ccc(NC(=O)c4ccc(C)cc4C)cc3)CC2)C1. The van der Waals surface area contributed by atoms with Gasteiger partial charge < -0.3 is 15.0 Å². The molecule has 2 aliphatic heterocycles. The predicted molar refractivity (Wildman–Crippen MR) is 132 cm³/mol. The van der Waals surface area contributed by atoms with E-state index in [1.165, 1.54) is 50.0 Å². The molecule has 1 atom stereocenters. The van der Waals surface area contributed by atoms with Crippen LogP contribution in [-0.4, -0.2) is 56.7 Å². The zero-order chi connectivity index (χ0) is 22.5. The lowest BCUT2D eigenvalue weighted by Gasteiger charge is -2.42. The summed E-state index contributed by atoms with van der Waals surface area (Å²) in [5.74, 6) is 0.641. The Bertz CT molecular complexity index is 902. The molecule has 1 unspecified atom stereocenters. The summed E-state index contributed by atoms with van der Waals surface area (Å²) in [5.41, 5.74) is 4.98. The Balaban J connectivity index is 1.30. The van der Waals surface area contributed by atoms with E-state index in [1.807, 2.05) is 51.3 Å². The normalized spacial score (nSPS) is 20.3. The largest absolute Gasteiger partial charge is 0.384 e. The van der Waals surface area contributed by atoms with E-state index < -0.39 is 0 Å². The number of aryl methyl sites for hydroxylation is 2. The summed E-state index contributed by atoms with van der Waals surface area (Å²) < 4.78 is 5.40. The second-order valence-electron chi connectivity index (χ2n) is 9.50. The van der Waals surface area contributed by atoms with Gasteiger partial charge in [0.2, 0.25) is 0 Å². The number of nitrogens with one attached hydrogen (secondary N) is 1. The number of piperidine rings is 2. The number of nitrogens with zero attached hydrogens (tertiary/aromatic N) is 2. The number of hydrogen-bond acceptors (Lipinski definition) is 4. The Morgan fingerprint density at radius 1 is 1.03 bits per heavy atom. The number of hydrogen-bond donors (Lipinski definition) is 1. The molecule has 172 valence electrons. The maximum Gasteiger partial charge on any atom is 0.255 e. The number of rotatable bonds is 6. The van der Waals surface area contributed by atoms with E-state index in [0.717, 1.165) is 36.5 Å². The molecule has 2 fully saturated rings. The number of likely N-dealkylation sites (tertiary alicyclic amines) is 1. The van der Waals surface area contributed by atoms with Crippen molar-refractivity contribution in [3.05, 3.63) is 59.2 Å². The lowest BCUT2D eigenvalue weighted by atomic mass is 9.94. The lowest BCUT2D eigenvalue weighted by Crippen LogP contribution is -2.49. The Morgan fingerprint density at radius 2 is 1.78 bits per heavy atom. The minimum absolute atomic E-state index is 0.0515. The van der Waals surface area contributed by atoms with Gasteiger partial charge in [0.05, 0.1) is 6.61 Å². The van der Waals surface area contributed by atoms with Gasteiger partial charge in [-0.2, -0.15) is 0 Å². The smallest absolute Gasteiger partial charge is 0.255 e. The number of amides is 1. The molecular formula is C27H37N3O2. The van der Waals surface area contributed by atoms with E-state index in [1.54, 1.807) is 0 Å². The average molecular weight is 436 g/mol. The van der Waals surface area contributed by atoms with Gasteiger partial charge in [0.1, 0.15) is 0 Å². The molecule has 1 N–H and O–H groups in total. The summed E-state index contributed by atoms with van der Waals surface area (Å²) in [5, 5.41) is 3.04. The fraction of sp³-hybridized carbons (Fsp3) is 0.519. The van der Waals surface area contributed by atoms with Crippen molar-refractivity contribution in [2.45, 2.75) is 45.6 Å². The van der Waals surface area contributed by atoms with Crippen molar-refractivity contribution >= 4 is 17.3 Å². The number of carbonyl (C=O) groups excluding carboxylic acids is 1. The maximum absolute atomic E-state index is 12.6. The van der Waals surface area contributed by atoms with Crippen LogP contribution < -0.4 is 10.2 Å². The van der Waals surface area contributed by atoms with Gasteiger partial charge in [-0.1, -0.05) is 17.7 Å². The third-order valence-electron chi connectivity index (χ3n) is 7.05. The average Bonchev–Trinajstić information content (AvgIpc) is 2.80. The van der Waals surface area contributed by atoms with Crippen LogP contribution in [0.25, 0.3) is 0 Å². The van der Waals surface area contributed by atoms with Crippen LogP contribution in [0.2, 0.25) is 0 Å². The van der Waals surface area contributed by atoms with E-state index in [4.69, 9.17) is 4.74 Å². The number of benzene rings is 2. The molecule has 0 spiro atoms. The molecule has 0 aromatic heterocycles. The van der Waals surface area contributed by atoms with Crippen LogP contribution in [0.4, 0.5) is 11.4 Å². The first kappa shape index (κ1) is 22.8. The highest BCUT2D eigenvalue weighted by molar-refractivity contribution is 6.05. The highest BCUT2D eigenvalue weighted by atomic mass is 16.5. The van der Waals surface area contributed by atoms with Gasteiger partial charge in [-0.25, -0.2) is 0 Å². The predicted octanol–water partition coefficient (Wildman–Crippen LogP) is 4.88. The lowest BCUT2D eigenvalue weighted by molar-refractivity contribution is 0.0610. The van der Waals surface area contributed by atoms with Crippen LogP contribution in [0.5, 0.6) is 0 Å². The number of anilines is 2. The van der Waals surface area contributed by atoms with Gasteiger partial charge in [-0.15, -0.1) is 0 Å². The summed E-state index contributed by atoms with van der Waals surface area (Å²) in [6.45, 7) is 9.51. The van der Waals surface area contributed by atoms with Gasteiger partial charge in [-0.05, 0) is 87.9 Å². The maximum atomic E-state index is 12.6. The highest BCUT2D eigenvalue weighted by Gasteiger charge is 2.29. The van der Waals surface area contributed by atoms with Crippen LogP contribution in [0.15, 0.2) is 42.5 Å². The summed E-state index contributed by atoms with van der Waals surface area (Å²) in [7, 11) is 1.82. The van der Waals surface area contributed by atoms with E-state index in [0.29, 0.717) is 12.0 Å². The second kappa shape index (κ2) is 10.5.